The third kappa shape index (κ3) is 8.14. The van der Waals surface area contributed by atoms with Crippen LogP contribution >= 0.6 is 0 Å². The van der Waals surface area contributed by atoms with Crippen LogP contribution in [0, 0.1) is 17.8 Å². The molecule has 2 aliphatic heterocycles. The quantitative estimate of drug-likeness (QED) is 0.188. The Morgan fingerprint density at radius 1 is 0.855 bits per heavy atom. The number of H-pyrrole nitrogens is 1. The summed E-state index contributed by atoms with van der Waals surface area (Å²) in [6.07, 6.45) is 0.920. The minimum Gasteiger partial charge on any atom is -0.497 e. The van der Waals surface area contributed by atoms with Gasteiger partial charge in [-0.2, -0.15) is 15.0 Å². The molecule has 55 heavy (non-hydrogen) atoms. The molecule has 18 heteroatoms. The minimum atomic E-state index is -0.670. The number of benzene rings is 2. The Morgan fingerprint density at radius 2 is 1.49 bits per heavy atom. The molecule has 4 aromatic rings. The van der Waals surface area contributed by atoms with Crippen LogP contribution < -0.4 is 36.1 Å². The summed E-state index contributed by atoms with van der Waals surface area (Å²) in [5.74, 6) is 0.566. The van der Waals surface area contributed by atoms with Crippen LogP contribution in [0.1, 0.15) is 40.5 Å². The molecule has 296 valence electrons. The van der Waals surface area contributed by atoms with Crippen LogP contribution in [0.25, 0.3) is 10.9 Å². The summed E-state index contributed by atoms with van der Waals surface area (Å²) in [5.41, 5.74) is 19.2. The zero-order valence-corrected chi connectivity index (χ0v) is 31.7. The average Bonchev–Trinajstić information content (AvgIpc) is 3.57. The number of carbonyl (C=O) groups is 3. The first kappa shape index (κ1) is 40.3. The first-order chi connectivity index (χ1) is 26.5. The fourth-order valence-electron chi connectivity index (χ4n) is 8.19. The molecule has 2 fully saturated rings. The van der Waals surface area contributed by atoms with Gasteiger partial charge in [0.25, 0.3) is 0 Å². The number of fused-ring (bicyclic) bond motifs is 6. The topological polar surface area (TPSA) is 252 Å². The van der Waals surface area contributed by atoms with Crippen molar-refractivity contribution in [3.63, 3.8) is 0 Å². The van der Waals surface area contributed by atoms with Gasteiger partial charge in [-0.1, -0.05) is 0 Å². The number of nitrogens with zero attached hydrogens (tertiary/aromatic N) is 4. The van der Waals surface area contributed by atoms with Crippen molar-refractivity contribution >= 4 is 47.5 Å². The van der Waals surface area contributed by atoms with Crippen molar-refractivity contribution in [2.75, 3.05) is 72.9 Å². The number of anilines is 3. The van der Waals surface area contributed by atoms with Crippen LogP contribution in [0.5, 0.6) is 23.0 Å². The van der Waals surface area contributed by atoms with E-state index in [1.165, 1.54) is 45.1 Å². The Morgan fingerprint density at radius 3 is 2.04 bits per heavy atom. The molecule has 6 atom stereocenters. The van der Waals surface area contributed by atoms with E-state index in [1.54, 1.807) is 26.4 Å². The van der Waals surface area contributed by atoms with Gasteiger partial charge < -0.3 is 60.1 Å². The predicted octanol–water partition coefficient (Wildman–Crippen LogP) is 2.60. The number of carbonyl (C=O) groups excluding carboxylic acids is 3. The highest BCUT2D eigenvalue weighted by molar-refractivity contribution is 5.91. The van der Waals surface area contributed by atoms with Gasteiger partial charge in [-0.3, -0.25) is 9.69 Å². The van der Waals surface area contributed by atoms with Crippen LogP contribution in [0.15, 0.2) is 30.3 Å². The largest absolute Gasteiger partial charge is 0.497 e. The third-order valence-electron chi connectivity index (χ3n) is 10.4. The molecule has 2 aromatic heterocycles. The molecule has 0 spiro atoms. The van der Waals surface area contributed by atoms with Crippen molar-refractivity contribution in [1.82, 2.24) is 24.8 Å². The van der Waals surface area contributed by atoms with E-state index in [0.29, 0.717) is 23.7 Å². The molecule has 7 rings (SSSR count). The normalized spacial score (nSPS) is 22.5. The number of esters is 2. The molecule has 1 aliphatic carbocycles. The van der Waals surface area contributed by atoms with Gasteiger partial charge in [0.1, 0.15) is 24.7 Å². The van der Waals surface area contributed by atoms with Gasteiger partial charge in [-0.15, -0.1) is 0 Å². The Balaban J connectivity index is 0.000000459. The van der Waals surface area contributed by atoms with E-state index in [0.717, 1.165) is 37.2 Å². The van der Waals surface area contributed by atoms with E-state index in [1.807, 2.05) is 18.9 Å². The van der Waals surface area contributed by atoms with Gasteiger partial charge >= 0.3 is 11.9 Å². The number of nitrogens with one attached hydrogen (secondary N) is 1. The van der Waals surface area contributed by atoms with Crippen molar-refractivity contribution < 1.29 is 47.5 Å². The molecule has 2 aromatic carbocycles. The fraction of sp³-hybridized carbons (Fsp3) is 0.459. The van der Waals surface area contributed by atoms with Gasteiger partial charge in [0.15, 0.2) is 11.5 Å². The number of ether oxygens (including phenoxy) is 7. The van der Waals surface area contributed by atoms with Crippen LogP contribution in [0.4, 0.5) is 17.8 Å². The number of rotatable bonds is 8. The van der Waals surface area contributed by atoms with Gasteiger partial charge in [0.05, 0.1) is 53.1 Å². The maximum Gasteiger partial charge on any atom is 0.338 e. The van der Waals surface area contributed by atoms with Gasteiger partial charge in [-0.05, 0) is 60.9 Å². The van der Waals surface area contributed by atoms with Crippen molar-refractivity contribution in [1.29, 1.82) is 0 Å². The lowest BCUT2D eigenvalue weighted by Crippen LogP contribution is -2.58. The van der Waals surface area contributed by atoms with Crippen LogP contribution in [-0.2, 0) is 30.2 Å². The van der Waals surface area contributed by atoms with Crippen LogP contribution in [-0.4, -0.2) is 112 Å². The monoisotopic (exact) mass is 764 g/mol. The molecule has 0 amide bonds. The van der Waals surface area contributed by atoms with E-state index in [4.69, 9.17) is 55.2 Å². The number of hydrogen-bond donors (Lipinski definition) is 4. The van der Waals surface area contributed by atoms with Crippen LogP contribution in [0.3, 0.4) is 0 Å². The van der Waals surface area contributed by atoms with Crippen molar-refractivity contribution in [3.05, 3.63) is 47.2 Å². The van der Waals surface area contributed by atoms with E-state index in [2.05, 4.69) is 30.9 Å². The predicted molar refractivity (Wildman–Crippen MR) is 201 cm³/mol. The summed E-state index contributed by atoms with van der Waals surface area (Å²) < 4.78 is 39.1. The second-order valence-electron chi connectivity index (χ2n) is 13.1. The first-order valence-corrected chi connectivity index (χ1v) is 17.4. The molecular formula is C37H48N8O10. The lowest BCUT2D eigenvalue weighted by molar-refractivity contribution is -0.176. The lowest BCUT2D eigenvalue weighted by atomic mass is 9.63. The van der Waals surface area contributed by atoms with Crippen molar-refractivity contribution in [2.45, 2.75) is 37.5 Å². The number of aromatic amines is 1. The Hall–Kier alpha value is -5.88. The zero-order chi connectivity index (χ0) is 40.0. The Bertz CT molecular complexity index is 1920. The van der Waals surface area contributed by atoms with E-state index in [9.17, 15) is 9.59 Å². The summed E-state index contributed by atoms with van der Waals surface area (Å²) in [4.78, 5) is 51.6. The summed E-state index contributed by atoms with van der Waals surface area (Å²) in [5, 5.41) is 1.21. The summed E-state index contributed by atoms with van der Waals surface area (Å²) >= 11 is 0. The number of nitrogens with two attached hydrogens (primary N) is 3. The van der Waals surface area contributed by atoms with Crippen LogP contribution in [0.2, 0.25) is 0 Å². The van der Waals surface area contributed by atoms with Gasteiger partial charge in [0, 0.05) is 42.9 Å². The SMILES string of the molecule is C=O.COC(=O)[C@H]1[C@H]2C[C@@H]3c4[nH]c5cc(OC)ccc5c4CCN3C[C@H]2C[C@@H](OC(=O)c2cc(OC)c(OC)c(OC)c2)[C@@H]1OC.Nc1nc(N)nc(N)n1. The molecule has 0 bridgehead atoms. The average molecular weight is 765 g/mol. The molecule has 3 aliphatic rings. The van der Waals surface area contributed by atoms with E-state index in [-0.39, 0.29) is 47.3 Å². The second-order valence-corrected chi connectivity index (χ2v) is 13.1. The fourth-order valence-corrected chi connectivity index (χ4v) is 8.19. The first-order valence-electron chi connectivity index (χ1n) is 17.4. The zero-order valence-electron chi connectivity index (χ0n) is 31.7. The number of piperidine rings is 1. The second kappa shape index (κ2) is 17.5. The van der Waals surface area contributed by atoms with E-state index < -0.39 is 24.1 Å². The maximum absolute atomic E-state index is 13.5. The summed E-state index contributed by atoms with van der Waals surface area (Å²) in [7, 11) is 9.10. The molecule has 0 radical (unpaired) electrons. The molecule has 0 unspecified atom stereocenters. The molecule has 1 saturated heterocycles. The van der Waals surface area contributed by atoms with Gasteiger partial charge in [-0.25, -0.2) is 4.79 Å². The minimum absolute atomic E-state index is 0.0170. The number of hydrogen-bond acceptors (Lipinski definition) is 17. The number of methoxy groups -OCH3 is 6. The number of nitrogen functional groups attached to an aromatic ring is 3. The Kier molecular flexibility index (Phi) is 12.8. The standard InChI is InChI=1S/C33H40N2O9.C3H6N6.CH2O/c1-38-19-7-8-20-21-9-10-35-16-18-13-27(44-32(36)17-11-25(39-2)30(41-4)26(12-17)40-3)31(42-5)28(33(37)43-6)22(18)15-24(35)29(21)34-23(20)14-19;4-1-7-2(5)9-3(6)8-1;1-2/h7-8,11-12,14,18,22,24,27-28,31,34H,9-10,13,15-16H2,1-6H3;(H6,4,5,6,7,8,9);1H2/t18-,22+,24-,27-,28+,31+;;/m1../s1. The smallest absolute Gasteiger partial charge is 0.338 e. The lowest BCUT2D eigenvalue weighted by Gasteiger charge is -2.52. The van der Waals surface area contributed by atoms with Crippen molar-refractivity contribution in [3.8, 4) is 23.0 Å². The maximum atomic E-state index is 13.5. The molecule has 7 N–H and O–H groups in total. The highest BCUT2D eigenvalue weighted by Gasteiger charge is 2.54. The summed E-state index contributed by atoms with van der Waals surface area (Å²) in [6.45, 7) is 3.68. The number of aromatic nitrogens is 4. The molecular weight excluding hydrogens is 716 g/mol. The van der Waals surface area contributed by atoms with Crippen molar-refractivity contribution in [2.24, 2.45) is 17.8 Å². The summed E-state index contributed by atoms with van der Waals surface area (Å²) in [6, 6.07) is 9.40. The molecule has 18 nitrogen and oxygen atoms in total. The highest BCUT2D eigenvalue weighted by Crippen LogP contribution is 2.51. The molecule has 4 heterocycles. The third-order valence-corrected chi connectivity index (χ3v) is 10.4. The highest BCUT2D eigenvalue weighted by atomic mass is 16.6. The van der Waals surface area contributed by atoms with E-state index >= 15 is 0 Å². The Labute approximate surface area is 317 Å². The molecule has 1 saturated carbocycles. The van der Waals surface area contributed by atoms with Gasteiger partial charge in [0.2, 0.25) is 23.6 Å².